The van der Waals surface area contributed by atoms with Crippen LogP contribution in [0.5, 0.6) is 5.75 Å². The zero-order valence-corrected chi connectivity index (χ0v) is 7.62. The van der Waals surface area contributed by atoms with E-state index in [0.29, 0.717) is 0 Å². The van der Waals surface area contributed by atoms with Gasteiger partial charge >= 0.3 is 6.36 Å². The molecule has 0 aliphatic heterocycles. The molecule has 0 spiro atoms. The van der Waals surface area contributed by atoms with Gasteiger partial charge in [0.1, 0.15) is 5.75 Å². The van der Waals surface area contributed by atoms with Crippen molar-refractivity contribution in [1.82, 2.24) is 0 Å². The average molecular weight is 208 g/mol. The van der Waals surface area contributed by atoms with Crippen LogP contribution in [0.25, 0.3) is 0 Å². The Bertz CT molecular complexity index is 309. The van der Waals surface area contributed by atoms with Crippen LogP contribution in [0.1, 0.15) is 5.56 Å². The molecule has 1 aromatic rings. The Morgan fingerprint density at radius 3 is 2.38 bits per heavy atom. The van der Waals surface area contributed by atoms with Crippen molar-refractivity contribution >= 4 is 12.6 Å². The standard InChI is InChI=1S/C8H7F3OS/c1-5-2-3-6(7(13)4-5)12-8(9,10)11/h2-4,13H,1H3. The summed E-state index contributed by atoms with van der Waals surface area (Å²) in [5, 5.41) is 0. The van der Waals surface area contributed by atoms with Gasteiger partial charge in [0.05, 0.1) is 0 Å². The van der Waals surface area contributed by atoms with Gasteiger partial charge in [0.25, 0.3) is 0 Å². The lowest BCUT2D eigenvalue weighted by molar-refractivity contribution is -0.275. The molecule has 1 aromatic carbocycles. The Morgan fingerprint density at radius 2 is 1.92 bits per heavy atom. The van der Waals surface area contributed by atoms with E-state index in [1.54, 1.807) is 6.92 Å². The number of aryl methyl sites for hydroxylation is 1. The Hall–Kier alpha value is -0.840. The van der Waals surface area contributed by atoms with Crippen molar-refractivity contribution in [2.24, 2.45) is 0 Å². The predicted octanol–water partition coefficient (Wildman–Crippen LogP) is 3.18. The second-order valence-electron chi connectivity index (χ2n) is 2.52. The van der Waals surface area contributed by atoms with Crippen LogP contribution in [0.15, 0.2) is 23.1 Å². The summed E-state index contributed by atoms with van der Waals surface area (Å²) >= 11 is 3.85. The normalized spacial score (nSPS) is 11.5. The minimum atomic E-state index is -4.66. The molecule has 0 saturated heterocycles. The summed E-state index contributed by atoms with van der Waals surface area (Å²) in [6, 6.07) is 4.27. The molecular weight excluding hydrogens is 201 g/mol. The molecule has 13 heavy (non-hydrogen) atoms. The van der Waals surface area contributed by atoms with E-state index in [-0.39, 0.29) is 10.6 Å². The summed E-state index contributed by atoms with van der Waals surface area (Å²) in [7, 11) is 0. The molecule has 72 valence electrons. The van der Waals surface area contributed by atoms with Gasteiger partial charge in [-0.3, -0.25) is 0 Å². The van der Waals surface area contributed by atoms with Crippen molar-refractivity contribution in [3.8, 4) is 5.75 Å². The lowest BCUT2D eigenvalue weighted by Gasteiger charge is -2.10. The van der Waals surface area contributed by atoms with Gasteiger partial charge in [0.2, 0.25) is 0 Å². The Morgan fingerprint density at radius 1 is 1.31 bits per heavy atom. The SMILES string of the molecule is Cc1ccc(OC(F)(F)F)c(S)c1. The monoisotopic (exact) mass is 208 g/mol. The van der Waals surface area contributed by atoms with Gasteiger partial charge in [-0.15, -0.1) is 25.8 Å². The minimum Gasteiger partial charge on any atom is -0.405 e. The van der Waals surface area contributed by atoms with Gasteiger partial charge in [0.15, 0.2) is 0 Å². The van der Waals surface area contributed by atoms with Gasteiger partial charge in [-0.1, -0.05) is 6.07 Å². The Balaban J connectivity index is 2.90. The van der Waals surface area contributed by atoms with Crippen LogP contribution >= 0.6 is 12.6 Å². The zero-order chi connectivity index (χ0) is 10.1. The van der Waals surface area contributed by atoms with Crippen LogP contribution in [0.2, 0.25) is 0 Å². The van der Waals surface area contributed by atoms with Crippen LogP contribution in [0.4, 0.5) is 13.2 Å². The first-order valence-electron chi connectivity index (χ1n) is 3.44. The smallest absolute Gasteiger partial charge is 0.405 e. The van der Waals surface area contributed by atoms with E-state index in [1.807, 2.05) is 0 Å². The summed E-state index contributed by atoms with van der Waals surface area (Å²) in [6.45, 7) is 1.76. The summed E-state index contributed by atoms with van der Waals surface area (Å²) in [6.07, 6.45) is -4.66. The van der Waals surface area contributed by atoms with Crippen molar-refractivity contribution in [2.75, 3.05) is 0 Å². The molecule has 0 radical (unpaired) electrons. The number of alkyl halides is 3. The van der Waals surface area contributed by atoms with Gasteiger partial charge in [0, 0.05) is 4.90 Å². The number of halogens is 3. The fourth-order valence-corrected chi connectivity index (χ4v) is 1.16. The molecule has 5 heteroatoms. The highest BCUT2D eigenvalue weighted by atomic mass is 32.1. The molecule has 0 N–H and O–H groups in total. The maximum Gasteiger partial charge on any atom is 0.573 e. The van der Waals surface area contributed by atoms with E-state index in [4.69, 9.17) is 0 Å². The first-order chi connectivity index (χ1) is 5.88. The number of ether oxygens (including phenoxy) is 1. The maximum absolute atomic E-state index is 11.8. The third kappa shape index (κ3) is 3.18. The van der Waals surface area contributed by atoms with Crippen molar-refractivity contribution < 1.29 is 17.9 Å². The van der Waals surface area contributed by atoms with E-state index in [1.165, 1.54) is 18.2 Å². The Labute approximate surface area is 78.9 Å². The molecule has 0 heterocycles. The molecule has 0 aliphatic rings. The lowest BCUT2D eigenvalue weighted by Crippen LogP contribution is -2.17. The fourth-order valence-electron chi connectivity index (χ4n) is 0.838. The molecule has 0 fully saturated rings. The van der Waals surface area contributed by atoms with E-state index >= 15 is 0 Å². The predicted molar refractivity (Wildman–Crippen MR) is 45.1 cm³/mol. The molecule has 0 saturated carbocycles. The summed E-state index contributed by atoms with van der Waals surface area (Å²) in [4.78, 5) is 0.178. The highest BCUT2D eigenvalue weighted by Gasteiger charge is 2.31. The number of thiol groups is 1. The first kappa shape index (κ1) is 10.2. The molecular formula is C8H7F3OS. The average Bonchev–Trinajstić information content (AvgIpc) is 1.93. The first-order valence-corrected chi connectivity index (χ1v) is 3.88. The molecule has 0 bridgehead atoms. The van der Waals surface area contributed by atoms with Crippen molar-refractivity contribution in [3.05, 3.63) is 23.8 Å². The molecule has 0 unspecified atom stereocenters. The maximum atomic E-state index is 11.8. The summed E-state index contributed by atoms with van der Waals surface area (Å²) in [5.74, 6) is -0.276. The molecule has 0 atom stereocenters. The van der Waals surface area contributed by atoms with Crippen molar-refractivity contribution in [2.45, 2.75) is 18.2 Å². The van der Waals surface area contributed by atoms with Crippen molar-refractivity contribution in [3.63, 3.8) is 0 Å². The Kier molecular flexibility index (Phi) is 2.75. The molecule has 1 rings (SSSR count). The van der Waals surface area contributed by atoms with Gasteiger partial charge < -0.3 is 4.74 Å². The molecule has 1 nitrogen and oxygen atoms in total. The van der Waals surface area contributed by atoms with E-state index in [9.17, 15) is 13.2 Å². The summed E-state index contributed by atoms with van der Waals surface area (Å²) < 4.78 is 39.0. The van der Waals surface area contributed by atoms with Gasteiger partial charge in [-0.25, -0.2) is 0 Å². The van der Waals surface area contributed by atoms with Crippen LogP contribution in [0, 0.1) is 6.92 Å². The van der Waals surface area contributed by atoms with E-state index in [0.717, 1.165) is 5.56 Å². The van der Waals surface area contributed by atoms with E-state index in [2.05, 4.69) is 17.4 Å². The third-order valence-corrected chi connectivity index (χ3v) is 1.69. The zero-order valence-electron chi connectivity index (χ0n) is 6.72. The lowest BCUT2D eigenvalue weighted by atomic mass is 10.2. The number of benzene rings is 1. The second kappa shape index (κ2) is 3.49. The van der Waals surface area contributed by atoms with Gasteiger partial charge in [-0.2, -0.15) is 0 Å². The number of hydrogen-bond acceptors (Lipinski definition) is 2. The largest absolute Gasteiger partial charge is 0.573 e. The number of hydrogen-bond donors (Lipinski definition) is 1. The van der Waals surface area contributed by atoms with Crippen molar-refractivity contribution in [1.29, 1.82) is 0 Å². The second-order valence-corrected chi connectivity index (χ2v) is 3.00. The highest BCUT2D eigenvalue weighted by molar-refractivity contribution is 7.80. The summed E-state index contributed by atoms with van der Waals surface area (Å²) in [5.41, 5.74) is 0.833. The molecule has 0 aliphatic carbocycles. The quantitative estimate of drug-likeness (QED) is 0.697. The molecule has 0 aromatic heterocycles. The van der Waals surface area contributed by atoms with Crippen LogP contribution < -0.4 is 4.74 Å². The fraction of sp³-hybridized carbons (Fsp3) is 0.250. The minimum absolute atomic E-state index is 0.178. The topological polar surface area (TPSA) is 9.23 Å². The third-order valence-electron chi connectivity index (χ3n) is 1.34. The van der Waals surface area contributed by atoms with Gasteiger partial charge in [-0.05, 0) is 24.6 Å². The highest BCUT2D eigenvalue weighted by Crippen LogP contribution is 2.29. The van der Waals surface area contributed by atoms with E-state index < -0.39 is 6.36 Å². The van der Waals surface area contributed by atoms with Crippen LogP contribution in [0.3, 0.4) is 0 Å². The van der Waals surface area contributed by atoms with Crippen LogP contribution in [-0.4, -0.2) is 6.36 Å². The number of rotatable bonds is 1. The molecule has 0 amide bonds. The van der Waals surface area contributed by atoms with Crippen LogP contribution in [-0.2, 0) is 0 Å².